The first-order valence-corrected chi connectivity index (χ1v) is 10.2. The second-order valence-electron chi connectivity index (χ2n) is 7.90. The number of hydrogen-bond donors (Lipinski definition) is 2. The number of aromatic nitrogens is 3. The number of aliphatic hydroxyl groups excluding tert-OH is 1. The molecule has 176 valence electrons. The Hall–Kier alpha value is -2.79. The van der Waals surface area contributed by atoms with Crippen molar-refractivity contribution in [2.24, 2.45) is 11.3 Å². The Morgan fingerprint density at radius 1 is 1.25 bits per heavy atom. The zero-order valence-electron chi connectivity index (χ0n) is 17.9. The first-order chi connectivity index (χ1) is 15.2. The summed E-state index contributed by atoms with van der Waals surface area (Å²) in [4.78, 5) is 9.25. The summed E-state index contributed by atoms with van der Waals surface area (Å²) < 4.78 is 48.5. The fourth-order valence-corrected chi connectivity index (χ4v) is 3.99. The molecule has 0 radical (unpaired) electrons. The molecule has 0 bridgehead atoms. The topological polar surface area (TPSA) is 90.7 Å². The van der Waals surface area contributed by atoms with Gasteiger partial charge in [-0.25, -0.2) is 9.67 Å². The summed E-state index contributed by atoms with van der Waals surface area (Å²) in [5.74, 6) is 0.125. The van der Waals surface area contributed by atoms with Crippen LogP contribution in [-0.2, 0) is 11.4 Å². The fourth-order valence-electron chi connectivity index (χ4n) is 3.99. The molecule has 2 N–H and O–H groups in total. The third-order valence-corrected chi connectivity index (χ3v) is 5.64. The van der Waals surface area contributed by atoms with Crippen molar-refractivity contribution in [1.82, 2.24) is 20.2 Å². The van der Waals surface area contributed by atoms with Crippen LogP contribution in [0.5, 0.6) is 11.5 Å². The van der Waals surface area contributed by atoms with Crippen LogP contribution in [0.15, 0.2) is 48.2 Å². The molecule has 3 rings (SSSR count). The minimum atomic E-state index is -4.74. The van der Waals surface area contributed by atoms with Gasteiger partial charge in [0.15, 0.2) is 0 Å². The van der Waals surface area contributed by atoms with Crippen LogP contribution in [-0.4, -0.2) is 46.6 Å². The van der Waals surface area contributed by atoms with Gasteiger partial charge in [-0.2, -0.15) is 5.10 Å². The normalized spacial score (nSPS) is 21.5. The molecule has 1 heterocycles. The number of halogens is 3. The second-order valence-corrected chi connectivity index (χ2v) is 7.90. The SMILES string of the molecule is CONC1=C(Cn2cncn2)[C@H](COc2ccc(OC(F)(F)F)cc2)CC[C@@]1(C)CCO. The lowest BCUT2D eigenvalue weighted by Crippen LogP contribution is -2.39. The molecular weight excluding hydrogens is 429 g/mol. The number of aliphatic hydroxyl groups is 1. The maximum Gasteiger partial charge on any atom is 0.573 e. The van der Waals surface area contributed by atoms with Gasteiger partial charge in [0.1, 0.15) is 24.2 Å². The number of nitrogens with zero attached hydrogens (tertiary/aromatic N) is 3. The van der Waals surface area contributed by atoms with Gasteiger partial charge in [-0.05, 0) is 49.1 Å². The van der Waals surface area contributed by atoms with E-state index in [1.54, 1.807) is 11.0 Å². The molecule has 0 unspecified atom stereocenters. The Kier molecular flexibility index (Phi) is 7.62. The van der Waals surface area contributed by atoms with Gasteiger partial charge in [0.05, 0.1) is 20.3 Å². The number of alkyl halides is 3. The lowest BCUT2D eigenvalue weighted by atomic mass is 9.69. The number of hydroxylamine groups is 1. The molecule has 32 heavy (non-hydrogen) atoms. The Labute approximate surface area is 183 Å². The molecule has 1 aliphatic rings. The van der Waals surface area contributed by atoms with E-state index in [0.29, 0.717) is 25.3 Å². The Morgan fingerprint density at radius 3 is 2.56 bits per heavy atom. The lowest BCUT2D eigenvalue weighted by Gasteiger charge is -2.41. The van der Waals surface area contributed by atoms with Crippen LogP contribution in [0.3, 0.4) is 0 Å². The van der Waals surface area contributed by atoms with Gasteiger partial charge in [-0.1, -0.05) is 6.92 Å². The predicted octanol–water partition coefficient (Wildman–Crippen LogP) is 3.46. The molecule has 0 fully saturated rings. The average molecular weight is 456 g/mol. The van der Waals surface area contributed by atoms with Crippen molar-refractivity contribution in [3.8, 4) is 11.5 Å². The zero-order chi connectivity index (χ0) is 23.2. The zero-order valence-corrected chi connectivity index (χ0v) is 17.9. The summed E-state index contributed by atoms with van der Waals surface area (Å²) in [7, 11) is 1.53. The van der Waals surface area contributed by atoms with Gasteiger partial charge < -0.3 is 14.6 Å². The highest BCUT2D eigenvalue weighted by atomic mass is 19.4. The van der Waals surface area contributed by atoms with Gasteiger partial charge >= 0.3 is 6.36 Å². The van der Waals surface area contributed by atoms with E-state index >= 15 is 0 Å². The van der Waals surface area contributed by atoms with E-state index in [9.17, 15) is 18.3 Å². The van der Waals surface area contributed by atoms with Crippen molar-refractivity contribution in [3.05, 3.63) is 48.2 Å². The molecule has 2 atom stereocenters. The first-order valence-electron chi connectivity index (χ1n) is 10.2. The Balaban J connectivity index is 1.80. The first kappa shape index (κ1) is 23.9. The van der Waals surface area contributed by atoms with Crippen LogP contribution in [0, 0.1) is 11.3 Å². The van der Waals surface area contributed by atoms with E-state index in [2.05, 4.69) is 27.2 Å². The van der Waals surface area contributed by atoms with Crippen LogP contribution < -0.4 is 15.0 Å². The molecule has 0 saturated carbocycles. The smallest absolute Gasteiger partial charge is 0.493 e. The molecule has 2 aromatic rings. The monoisotopic (exact) mass is 456 g/mol. The number of nitrogens with one attached hydrogen (secondary N) is 1. The van der Waals surface area contributed by atoms with Crippen LogP contribution >= 0.6 is 0 Å². The predicted molar refractivity (Wildman–Crippen MR) is 108 cm³/mol. The molecule has 0 amide bonds. The van der Waals surface area contributed by atoms with Gasteiger partial charge in [0.25, 0.3) is 0 Å². The van der Waals surface area contributed by atoms with E-state index in [1.165, 1.54) is 37.7 Å². The number of benzene rings is 1. The Morgan fingerprint density at radius 2 is 1.97 bits per heavy atom. The maximum atomic E-state index is 12.3. The van der Waals surface area contributed by atoms with Crippen LogP contribution in [0.1, 0.15) is 26.2 Å². The molecule has 0 spiro atoms. The minimum absolute atomic E-state index is 0.00489. The minimum Gasteiger partial charge on any atom is -0.493 e. The van der Waals surface area contributed by atoms with Gasteiger partial charge in [-0.15, -0.1) is 13.2 Å². The molecule has 11 heteroatoms. The van der Waals surface area contributed by atoms with Gasteiger partial charge in [0, 0.05) is 23.6 Å². The van der Waals surface area contributed by atoms with Crippen molar-refractivity contribution in [3.63, 3.8) is 0 Å². The van der Waals surface area contributed by atoms with E-state index in [-0.39, 0.29) is 23.7 Å². The van der Waals surface area contributed by atoms with Crippen molar-refractivity contribution in [2.75, 3.05) is 20.3 Å². The summed E-state index contributed by atoms with van der Waals surface area (Å²) in [6, 6.07) is 5.31. The second kappa shape index (κ2) is 10.2. The van der Waals surface area contributed by atoms with E-state index in [4.69, 9.17) is 9.57 Å². The largest absolute Gasteiger partial charge is 0.573 e. The van der Waals surface area contributed by atoms with E-state index in [1.807, 2.05) is 0 Å². The van der Waals surface area contributed by atoms with Gasteiger partial charge in [-0.3, -0.25) is 10.3 Å². The molecule has 1 aliphatic carbocycles. The summed E-state index contributed by atoms with van der Waals surface area (Å²) in [6.07, 6.45) is 0.491. The van der Waals surface area contributed by atoms with E-state index < -0.39 is 6.36 Å². The molecule has 0 aliphatic heterocycles. The van der Waals surface area contributed by atoms with Gasteiger partial charge in [0.2, 0.25) is 0 Å². The van der Waals surface area contributed by atoms with Crippen LogP contribution in [0.4, 0.5) is 13.2 Å². The highest BCUT2D eigenvalue weighted by molar-refractivity contribution is 5.32. The summed E-state index contributed by atoms with van der Waals surface area (Å²) in [5, 5.41) is 13.8. The Bertz CT molecular complexity index is 887. The summed E-state index contributed by atoms with van der Waals surface area (Å²) in [6.45, 7) is 2.88. The number of allylic oxidation sites excluding steroid dienone is 1. The standard InChI is InChI=1S/C21H27F3N4O4/c1-20(9-10-29)8-7-15(18(19(20)27-30-2)11-28-14-25-13-26-28)12-31-16-3-5-17(6-4-16)32-21(22,23)24/h3-6,13-15,27,29H,7-12H2,1-2H3/t15-,20-/m0/s1. The molecule has 1 aromatic carbocycles. The molecule has 1 aromatic heterocycles. The van der Waals surface area contributed by atoms with Crippen LogP contribution in [0.25, 0.3) is 0 Å². The number of ether oxygens (including phenoxy) is 2. The van der Waals surface area contributed by atoms with Crippen LogP contribution in [0.2, 0.25) is 0 Å². The number of rotatable bonds is 10. The summed E-state index contributed by atoms with van der Waals surface area (Å²) in [5.41, 5.74) is 4.58. The quantitative estimate of drug-likeness (QED) is 0.529. The van der Waals surface area contributed by atoms with Crippen molar-refractivity contribution < 1.29 is 32.6 Å². The summed E-state index contributed by atoms with van der Waals surface area (Å²) >= 11 is 0. The number of hydrogen-bond acceptors (Lipinski definition) is 7. The molecule has 8 nitrogen and oxygen atoms in total. The maximum absolute atomic E-state index is 12.3. The van der Waals surface area contributed by atoms with Crippen molar-refractivity contribution >= 4 is 0 Å². The fraction of sp³-hybridized carbons (Fsp3) is 0.524. The van der Waals surface area contributed by atoms with E-state index in [0.717, 1.165) is 24.1 Å². The van der Waals surface area contributed by atoms with Crippen molar-refractivity contribution in [2.45, 2.75) is 39.1 Å². The average Bonchev–Trinajstić information content (AvgIpc) is 3.24. The third-order valence-electron chi connectivity index (χ3n) is 5.64. The molecule has 0 saturated heterocycles. The lowest BCUT2D eigenvalue weighted by molar-refractivity contribution is -0.274. The molecular formula is C21H27F3N4O4. The third kappa shape index (κ3) is 6.13. The van der Waals surface area contributed by atoms with Crippen molar-refractivity contribution in [1.29, 1.82) is 0 Å². The highest BCUT2D eigenvalue weighted by Crippen LogP contribution is 2.45. The highest BCUT2D eigenvalue weighted by Gasteiger charge is 2.39.